The van der Waals surface area contributed by atoms with Crippen LogP contribution in [0, 0.1) is 5.41 Å². The number of aromatic nitrogens is 1. The zero-order chi connectivity index (χ0) is 13.9. The molecule has 2 N–H and O–H groups in total. The van der Waals surface area contributed by atoms with Crippen LogP contribution in [0.25, 0.3) is 0 Å². The van der Waals surface area contributed by atoms with E-state index < -0.39 is 0 Å². The van der Waals surface area contributed by atoms with Crippen LogP contribution in [0.5, 0.6) is 0 Å². The maximum absolute atomic E-state index is 12.4. The number of amides is 1. The fourth-order valence-electron chi connectivity index (χ4n) is 1.81. The number of carbonyl (C=O) groups excluding carboxylic acids is 1. The Balaban J connectivity index is 2.89. The molecule has 1 heterocycles. The van der Waals surface area contributed by atoms with E-state index in [2.05, 4.69) is 29.8 Å². The van der Waals surface area contributed by atoms with Crippen molar-refractivity contribution in [2.75, 3.05) is 19.6 Å². The van der Waals surface area contributed by atoms with Gasteiger partial charge in [0.15, 0.2) is 0 Å². The van der Waals surface area contributed by atoms with Gasteiger partial charge in [0, 0.05) is 30.8 Å². The third-order valence-corrected chi connectivity index (χ3v) is 3.46. The summed E-state index contributed by atoms with van der Waals surface area (Å²) in [6.07, 6.45) is 1.88. The van der Waals surface area contributed by atoms with Gasteiger partial charge in [-0.05, 0) is 40.9 Å². The fourth-order valence-corrected chi connectivity index (χ4v) is 2.33. The van der Waals surface area contributed by atoms with Gasteiger partial charge in [-0.3, -0.25) is 4.79 Å². The molecule has 0 saturated carbocycles. The van der Waals surface area contributed by atoms with Crippen LogP contribution in [0.1, 0.15) is 31.3 Å². The molecule has 0 saturated heterocycles. The molecule has 0 aromatic carbocycles. The standard InChI is InChI=1S/C13H22BrN3O/c1-5-17(9-13(2,3)8-15)12(18)11-6-10(14)7-16(11)4/h6-7H,5,8-9,15H2,1-4H3. The maximum atomic E-state index is 12.4. The molecule has 1 amide bonds. The van der Waals surface area contributed by atoms with Gasteiger partial charge in [0.1, 0.15) is 5.69 Å². The van der Waals surface area contributed by atoms with E-state index in [1.165, 1.54) is 0 Å². The average molecular weight is 316 g/mol. The first-order valence-electron chi connectivity index (χ1n) is 6.12. The van der Waals surface area contributed by atoms with Gasteiger partial charge in [0.05, 0.1) is 0 Å². The van der Waals surface area contributed by atoms with Crippen molar-refractivity contribution in [1.29, 1.82) is 0 Å². The third kappa shape index (κ3) is 3.59. The second kappa shape index (κ2) is 5.89. The largest absolute Gasteiger partial charge is 0.345 e. The molecule has 0 unspecified atom stereocenters. The lowest BCUT2D eigenvalue weighted by Gasteiger charge is -2.31. The molecule has 1 rings (SSSR count). The molecule has 1 aromatic heterocycles. The van der Waals surface area contributed by atoms with Crippen LogP contribution in [0.2, 0.25) is 0 Å². The van der Waals surface area contributed by atoms with Crippen LogP contribution >= 0.6 is 15.9 Å². The highest BCUT2D eigenvalue weighted by molar-refractivity contribution is 9.10. The van der Waals surface area contributed by atoms with E-state index in [4.69, 9.17) is 5.73 Å². The van der Waals surface area contributed by atoms with Gasteiger partial charge in [-0.15, -0.1) is 0 Å². The van der Waals surface area contributed by atoms with Crippen LogP contribution in [0.3, 0.4) is 0 Å². The van der Waals surface area contributed by atoms with Crippen LogP contribution in [-0.2, 0) is 7.05 Å². The summed E-state index contributed by atoms with van der Waals surface area (Å²) >= 11 is 3.39. The molecular formula is C13H22BrN3O. The van der Waals surface area contributed by atoms with E-state index in [0.29, 0.717) is 25.3 Å². The topological polar surface area (TPSA) is 51.3 Å². The second-order valence-electron chi connectivity index (χ2n) is 5.34. The Kier molecular flexibility index (Phi) is 4.99. The summed E-state index contributed by atoms with van der Waals surface area (Å²) in [4.78, 5) is 14.3. The van der Waals surface area contributed by atoms with Gasteiger partial charge < -0.3 is 15.2 Å². The van der Waals surface area contributed by atoms with Gasteiger partial charge in [-0.25, -0.2) is 0 Å². The van der Waals surface area contributed by atoms with Crippen LogP contribution in [0.4, 0.5) is 0 Å². The van der Waals surface area contributed by atoms with E-state index in [-0.39, 0.29) is 11.3 Å². The lowest BCUT2D eigenvalue weighted by molar-refractivity contribution is 0.0691. The highest BCUT2D eigenvalue weighted by Gasteiger charge is 2.24. The first-order valence-corrected chi connectivity index (χ1v) is 6.91. The summed E-state index contributed by atoms with van der Waals surface area (Å²) in [7, 11) is 1.87. The minimum Gasteiger partial charge on any atom is -0.345 e. The summed E-state index contributed by atoms with van der Waals surface area (Å²) < 4.78 is 2.76. The number of nitrogens with two attached hydrogens (primary N) is 1. The molecule has 5 heteroatoms. The minimum absolute atomic E-state index is 0.0484. The van der Waals surface area contributed by atoms with Crippen LogP contribution < -0.4 is 5.73 Å². The fraction of sp³-hybridized carbons (Fsp3) is 0.615. The average Bonchev–Trinajstić information content (AvgIpc) is 2.64. The highest BCUT2D eigenvalue weighted by Crippen LogP contribution is 2.19. The minimum atomic E-state index is -0.0614. The van der Waals surface area contributed by atoms with Crippen LogP contribution in [-0.4, -0.2) is 35.0 Å². The first kappa shape index (κ1) is 15.2. The van der Waals surface area contributed by atoms with Crippen molar-refractivity contribution in [2.24, 2.45) is 18.2 Å². The predicted octanol–water partition coefficient (Wildman–Crippen LogP) is 2.23. The Morgan fingerprint density at radius 3 is 2.56 bits per heavy atom. The Morgan fingerprint density at radius 2 is 2.17 bits per heavy atom. The molecule has 0 fully saturated rings. The first-order chi connectivity index (χ1) is 8.30. The van der Waals surface area contributed by atoms with Crippen molar-refractivity contribution in [3.63, 3.8) is 0 Å². The Labute approximate surface area is 117 Å². The van der Waals surface area contributed by atoms with Crippen molar-refractivity contribution in [1.82, 2.24) is 9.47 Å². The Morgan fingerprint density at radius 1 is 1.56 bits per heavy atom. The summed E-state index contributed by atoms with van der Waals surface area (Å²) in [5.41, 5.74) is 6.36. The third-order valence-electron chi connectivity index (χ3n) is 3.03. The molecule has 0 aliphatic rings. The van der Waals surface area contributed by atoms with E-state index in [1.807, 2.05) is 35.7 Å². The molecular weight excluding hydrogens is 294 g/mol. The van der Waals surface area contributed by atoms with Crippen molar-refractivity contribution in [3.05, 3.63) is 22.4 Å². The number of hydrogen-bond donors (Lipinski definition) is 1. The normalized spacial score (nSPS) is 11.7. The lowest BCUT2D eigenvalue weighted by atomic mass is 9.93. The number of rotatable bonds is 5. The second-order valence-corrected chi connectivity index (χ2v) is 6.26. The van der Waals surface area contributed by atoms with Crippen molar-refractivity contribution in [3.8, 4) is 0 Å². The predicted molar refractivity (Wildman–Crippen MR) is 77.5 cm³/mol. The van der Waals surface area contributed by atoms with Gasteiger partial charge in [-0.2, -0.15) is 0 Å². The Bertz CT molecular complexity index is 426. The number of halogens is 1. The Hall–Kier alpha value is -0.810. The zero-order valence-electron chi connectivity index (χ0n) is 11.5. The van der Waals surface area contributed by atoms with E-state index in [0.717, 1.165) is 4.47 Å². The van der Waals surface area contributed by atoms with E-state index >= 15 is 0 Å². The van der Waals surface area contributed by atoms with Gasteiger partial charge in [-0.1, -0.05) is 13.8 Å². The van der Waals surface area contributed by atoms with Crippen molar-refractivity contribution < 1.29 is 4.79 Å². The summed E-state index contributed by atoms with van der Waals surface area (Å²) in [6, 6.07) is 1.85. The van der Waals surface area contributed by atoms with Crippen molar-refractivity contribution in [2.45, 2.75) is 20.8 Å². The monoisotopic (exact) mass is 315 g/mol. The molecule has 0 aliphatic carbocycles. The zero-order valence-corrected chi connectivity index (χ0v) is 13.1. The summed E-state index contributed by atoms with van der Waals surface area (Å²) in [5.74, 6) is 0.0484. The van der Waals surface area contributed by atoms with Crippen molar-refractivity contribution >= 4 is 21.8 Å². The molecule has 0 atom stereocenters. The number of hydrogen-bond acceptors (Lipinski definition) is 2. The molecule has 1 aromatic rings. The summed E-state index contributed by atoms with van der Waals surface area (Å²) in [5, 5.41) is 0. The maximum Gasteiger partial charge on any atom is 0.270 e. The van der Waals surface area contributed by atoms with E-state index in [1.54, 1.807) is 0 Å². The van der Waals surface area contributed by atoms with E-state index in [9.17, 15) is 4.79 Å². The van der Waals surface area contributed by atoms with Gasteiger partial charge in [0.2, 0.25) is 0 Å². The molecule has 0 aliphatic heterocycles. The number of aryl methyl sites for hydroxylation is 1. The molecule has 0 bridgehead atoms. The SMILES string of the molecule is CCN(CC(C)(C)CN)C(=O)c1cc(Br)cn1C. The number of nitrogens with zero attached hydrogens (tertiary/aromatic N) is 2. The molecule has 102 valence electrons. The molecule has 4 nitrogen and oxygen atoms in total. The van der Waals surface area contributed by atoms with Gasteiger partial charge >= 0.3 is 0 Å². The van der Waals surface area contributed by atoms with Gasteiger partial charge in [0.25, 0.3) is 5.91 Å². The molecule has 0 spiro atoms. The highest BCUT2D eigenvalue weighted by atomic mass is 79.9. The quantitative estimate of drug-likeness (QED) is 0.906. The number of carbonyl (C=O) groups is 1. The van der Waals surface area contributed by atoms with Crippen LogP contribution in [0.15, 0.2) is 16.7 Å². The lowest BCUT2D eigenvalue weighted by Crippen LogP contribution is -2.42. The molecule has 0 radical (unpaired) electrons. The molecule has 18 heavy (non-hydrogen) atoms. The summed E-state index contributed by atoms with van der Waals surface area (Å²) in [6.45, 7) is 8.05. The smallest absolute Gasteiger partial charge is 0.270 e.